The number of aromatic nitrogens is 2. The molecule has 0 aliphatic heterocycles. The third-order valence-corrected chi connectivity index (χ3v) is 3.79. The molecule has 21 heavy (non-hydrogen) atoms. The molecule has 1 unspecified atom stereocenters. The summed E-state index contributed by atoms with van der Waals surface area (Å²) in [5, 5.41) is 0.715. The van der Waals surface area contributed by atoms with Gasteiger partial charge < -0.3 is 9.72 Å². The summed E-state index contributed by atoms with van der Waals surface area (Å²) in [6.45, 7) is 6.03. The molecule has 1 aromatic heterocycles. The van der Waals surface area contributed by atoms with Crippen LogP contribution in [0.3, 0.4) is 0 Å². The highest BCUT2D eigenvalue weighted by molar-refractivity contribution is 6.30. The van der Waals surface area contributed by atoms with E-state index in [2.05, 4.69) is 23.0 Å². The lowest BCUT2D eigenvalue weighted by molar-refractivity contribution is 0.216. The van der Waals surface area contributed by atoms with Crippen LogP contribution in [0.5, 0.6) is 5.75 Å². The molecule has 0 bridgehead atoms. The molecule has 3 nitrogen and oxygen atoms in total. The fourth-order valence-corrected chi connectivity index (χ4v) is 2.61. The number of benzene rings is 2. The predicted octanol–water partition coefficient (Wildman–Crippen LogP) is 4.97. The second kappa shape index (κ2) is 5.41. The highest BCUT2D eigenvalue weighted by Gasteiger charge is 2.14. The Morgan fingerprint density at radius 1 is 1.14 bits per heavy atom. The molecule has 3 rings (SSSR count). The molecule has 4 heteroatoms. The lowest BCUT2D eigenvalue weighted by Gasteiger charge is -2.14. The molecular weight excluding hydrogens is 284 g/mol. The first-order chi connectivity index (χ1) is 10.0. The molecule has 108 valence electrons. The summed E-state index contributed by atoms with van der Waals surface area (Å²) in [5.41, 5.74) is 4.20. The Kier molecular flexibility index (Phi) is 3.60. The van der Waals surface area contributed by atoms with E-state index < -0.39 is 0 Å². The van der Waals surface area contributed by atoms with Crippen LogP contribution in [0.4, 0.5) is 0 Å². The molecule has 0 aliphatic rings. The number of fused-ring (bicyclic) bond motifs is 1. The number of rotatable bonds is 3. The molecule has 0 amide bonds. The normalized spacial score (nSPS) is 12.6. The lowest BCUT2D eigenvalue weighted by atomic mass is 10.2. The highest BCUT2D eigenvalue weighted by Crippen LogP contribution is 2.27. The van der Waals surface area contributed by atoms with Crippen LogP contribution in [0, 0.1) is 13.8 Å². The molecular formula is C17H17ClN2O. The first-order valence-corrected chi connectivity index (χ1v) is 7.30. The summed E-state index contributed by atoms with van der Waals surface area (Å²) in [5.74, 6) is 1.65. The number of nitrogens with one attached hydrogen (secondary N) is 1. The summed E-state index contributed by atoms with van der Waals surface area (Å²) >= 11 is 5.97. The van der Waals surface area contributed by atoms with Crippen molar-refractivity contribution in [3.8, 4) is 5.75 Å². The van der Waals surface area contributed by atoms with Gasteiger partial charge in [-0.05, 0) is 56.2 Å². The van der Waals surface area contributed by atoms with E-state index in [4.69, 9.17) is 16.3 Å². The molecule has 0 radical (unpaired) electrons. The van der Waals surface area contributed by atoms with Crippen LogP contribution in [0.1, 0.15) is 30.0 Å². The molecule has 1 atom stereocenters. The number of halogens is 1. The molecule has 0 saturated heterocycles. The van der Waals surface area contributed by atoms with Crippen molar-refractivity contribution in [2.45, 2.75) is 26.9 Å². The number of H-pyrrole nitrogens is 1. The van der Waals surface area contributed by atoms with Crippen LogP contribution in [-0.4, -0.2) is 9.97 Å². The number of nitrogens with zero attached hydrogens (tertiary/aromatic N) is 1. The fourth-order valence-electron chi connectivity index (χ4n) is 2.38. The summed E-state index contributed by atoms with van der Waals surface area (Å²) in [7, 11) is 0. The number of aromatic amines is 1. The monoisotopic (exact) mass is 300 g/mol. The minimum Gasteiger partial charge on any atom is -0.483 e. The first-order valence-electron chi connectivity index (χ1n) is 6.92. The highest BCUT2D eigenvalue weighted by atomic mass is 35.5. The maximum Gasteiger partial charge on any atom is 0.153 e. The summed E-state index contributed by atoms with van der Waals surface area (Å²) in [6.07, 6.45) is -0.156. The largest absolute Gasteiger partial charge is 0.483 e. The van der Waals surface area contributed by atoms with Gasteiger partial charge in [-0.2, -0.15) is 0 Å². The maximum atomic E-state index is 6.00. The molecule has 1 N–H and O–H groups in total. The van der Waals surface area contributed by atoms with E-state index in [1.54, 1.807) is 0 Å². The fraction of sp³-hybridized carbons (Fsp3) is 0.235. The molecule has 0 aliphatic carbocycles. The van der Waals surface area contributed by atoms with E-state index >= 15 is 0 Å². The number of imidazole rings is 1. The maximum absolute atomic E-state index is 6.00. The quantitative estimate of drug-likeness (QED) is 0.741. The van der Waals surface area contributed by atoms with Gasteiger partial charge in [0.15, 0.2) is 6.10 Å². The van der Waals surface area contributed by atoms with E-state index in [9.17, 15) is 0 Å². The van der Waals surface area contributed by atoms with E-state index in [1.807, 2.05) is 44.2 Å². The van der Waals surface area contributed by atoms with E-state index in [0.29, 0.717) is 5.02 Å². The standard InChI is InChI=1S/C17H17ClN2O/c1-10-5-4-6-14-16(10)20-17(19-14)12(3)21-15-8-7-13(18)9-11(15)2/h4-9,12H,1-3H3,(H,19,20). The van der Waals surface area contributed by atoms with Crippen molar-refractivity contribution in [3.05, 3.63) is 58.4 Å². The summed E-state index contributed by atoms with van der Waals surface area (Å²) in [6, 6.07) is 11.7. The van der Waals surface area contributed by atoms with Gasteiger partial charge in [-0.25, -0.2) is 4.98 Å². The lowest BCUT2D eigenvalue weighted by Crippen LogP contribution is -2.06. The van der Waals surface area contributed by atoms with Gasteiger partial charge in [-0.1, -0.05) is 23.7 Å². The molecule has 0 fully saturated rings. The van der Waals surface area contributed by atoms with Crippen molar-refractivity contribution in [3.63, 3.8) is 0 Å². The SMILES string of the molecule is Cc1cc(Cl)ccc1OC(C)c1nc2c(C)cccc2[nH]1. The third kappa shape index (κ3) is 2.74. The number of hydrogen-bond acceptors (Lipinski definition) is 2. The Morgan fingerprint density at radius 3 is 2.67 bits per heavy atom. The van der Waals surface area contributed by atoms with Crippen molar-refractivity contribution in [2.75, 3.05) is 0 Å². The predicted molar refractivity (Wildman–Crippen MR) is 86.1 cm³/mol. The van der Waals surface area contributed by atoms with Crippen molar-refractivity contribution in [1.82, 2.24) is 9.97 Å². The molecule has 0 saturated carbocycles. The minimum absolute atomic E-state index is 0.156. The van der Waals surface area contributed by atoms with Gasteiger partial charge in [0.25, 0.3) is 0 Å². The van der Waals surface area contributed by atoms with Gasteiger partial charge in [-0.3, -0.25) is 0 Å². The van der Waals surface area contributed by atoms with Gasteiger partial charge in [0, 0.05) is 5.02 Å². The van der Waals surface area contributed by atoms with Crippen LogP contribution >= 0.6 is 11.6 Å². The third-order valence-electron chi connectivity index (χ3n) is 3.56. The Balaban J connectivity index is 1.90. The van der Waals surface area contributed by atoms with Gasteiger partial charge in [-0.15, -0.1) is 0 Å². The second-order valence-electron chi connectivity index (χ2n) is 5.26. The zero-order valence-corrected chi connectivity index (χ0v) is 13.0. The topological polar surface area (TPSA) is 37.9 Å². The van der Waals surface area contributed by atoms with Crippen LogP contribution in [0.25, 0.3) is 11.0 Å². The summed E-state index contributed by atoms with van der Waals surface area (Å²) < 4.78 is 6.00. The second-order valence-corrected chi connectivity index (χ2v) is 5.70. The van der Waals surface area contributed by atoms with Gasteiger partial charge >= 0.3 is 0 Å². The smallest absolute Gasteiger partial charge is 0.153 e. The molecule has 0 spiro atoms. The van der Waals surface area contributed by atoms with Crippen molar-refractivity contribution >= 4 is 22.6 Å². The molecule has 3 aromatic rings. The van der Waals surface area contributed by atoms with Crippen LogP contribution in [-0.2, 0) is 0 Å². The number of hydrogen-bond donors (Lipinski definition) is 1. The van der Waals surface area contributed by atoms with Gasteiger partial charge in [0.2, 0.25) is 0 Å². The zero-order valence-electron chi connectivity index (χ0n) is 12.3. The number of para-hydroxylation sites is 1. The van der Waals surface area contributed by atoms with Crippen molar-refractivity contribution in [1.29, 1.82) is 0 Å². The average molecular weight is 301 g/mol. The summed E-state index contributed by atoms with van der Waals surface area (Å²) in [4.78, 5) is 7.97. The van der Waals surface area contributed by atoms with Crippen LogP contribution in [0.2, 0.25) is 5.02 Å². The Bertz CT molecular complexity index is 795. The average Bonchev–Trinajstić information content (AvgIpc) is 2.87. The van der Waals surface area contributed by atoms with E-state index in [1.165, 1.54) is 0 Å². The van der Waals surface area contributed by atoms with Crippen molar-refractivity contribution in [2.24, 2.45) is 0 Å². The molecule has 1 heterocycles. The Labute approximate surface area is 128 Å². The van der Waals surface area contributed by atoms with Crippen LogP contribution < -0.4 is 4.74 Å². The van der Waals surface area contributed by atoms with E-state index in [0.717, 1.165) is 33.7 Å². The Morgan fingerprint density at radius 2 is 1.95 bits per heavy atom. The number of aryl methyl sites for hydroxylation is 2. The van der Waals surface area contributed by atoms with Crippen molar-refractivity contribution < 1.29 is 4.74 Å². The minimum atomic E-state index is -0.156. The number of ether oxygens (including phenoxy) is 1. The Hall–Kier alpha value is -2.00. The van der Waals surface area contributed by atoms with Crippen LogP contribution in [0.15, 0.2) is 36.4 Å². The van der Waals surface area contributed by atoms with Gasteiger partial charge in [0.1, 0.15) is 11.6 Å². The van der Waals surface area contributed by atoms with Gasteiger partial charge in [0.05, 0.1) is 11.0 Å². The first kappa shape index (κ1) is 14.0. The zero-order chi connectivity index (χ0) is 15.0. The van der Waals surface area contributed by atoms with E-state index in [-0.39, 0.29) is 6.10 Å². The molecule has 2 aromatic carbocycles.